The van der Waals surface area contributed by atoms with Gasteiger partial charge in [0.2, 0.25) is 23.6 Å². The first kappa shape index (κ1) is 22.5. The number of carbonyl (C=O) groups is 4. The molecule has 12 heteroatoms. The van der Waals surface area contributed by atoms with Gasteiger partial charge in [-0.3, -0.25) is 34.6 Å². The van der Waals surface area contributed by atoms with Crippen LogP contribution < -0.4 is 26.0 Å². The summed E-state index contributed by atoms with van der Waals surface area (Å²) in [7, 11) is 1.27. The molecule has 4 amide bonds. The monoisotopic (exact) mass is 479 g/mol. The molecule has 3 aliphatic rings. The summed E-state index contributed by atoms with van der Waals surface area (Å²) in [4.78, 5) is 64.0. The predicted octanol–water partition coefficient (Wildman–Crippen LogP) is 0.794. The highest BCUT2D eigenvalue weighted by Crippen LogP contribution is 2.54. The minimum Gasteiger partial charge on any atom is -0.494 e. The number of non-ortho nitro benzene ring substituents is 1. The second kappa shape index (κ2) is 7.87. The van der Waals surface area contributed by atoms with Crippen molar-refractivity contribution in [3.8, 4) is 5.75 Å². The average Bonchev–Trinajstić information content (AvgIpc) is 3.41. The number of rotatable bonds is 6. The number of anilines is 2. The van der Waals surface area contributed by atoms with E-state index in [2.05, 4.69) is 10.6 Å². The van der Waals surface area contributed by atoms with Gasteiger partial charge in [-0.2, -0.15) is 0 Å². The van der Waals surface area contributed by atoms with E-state index in [1.54, 1.807) is 24.3 Å². The maximum absolute atomic E-state index is 13.9. The second-order valence-corrected chi connectivity index (χ2v) is 8.69. The summed E-state index contributed by atoms with van der Waals surface area (Å²) < 4.78 is 5.26. The van der Waals surface area contributed by atoms with Crippen molar-refractivity contribution in [3.05, 3.63) is 58.1 Å². The van der Waals surface area contributed by atoms with Gasteiger partial charge in [0.25, 0.3) is 5.69 Å². The molecule has 2 aromatic carbocycles. The van der Waals surface area contributed by atoms with Gasteiger partial charge >= 0.3 is 0 Å². The van der Waals surface area contributed by atoms with E-state index < -0.39 is 52.0 Å². The van der Waals surface area contributed by atoms with E-state index in [0.29, 0.717) is 11.3 Å². The first-order valence-electron chi connectivity index (χ1n) is 10.9. The molecule has 3 aliphatic heterocycles. The van der Waals surface area contributed by atoms with Crippen LogP contribution in [0.1, 0.15) is 18.4 Å². The van der Waals surface area contributed by atoms with Crippen molar-refractivity contribution in [1.82, 2.24) is 5.32 Å². The highest BCUT2D eigenvalue weighted by Gasteiger charge is 2.70. The maximum atomic E-state index is 13.9. The first-order valence-corrected chi connectivity index (χ1v) is 10.9. The van der Waals surface area contributed by atoms with Crippen molar-refractivity contribution in [1.29, 1.82) is 0 Å². The molecular weight excluding hydrogens is 458 g/mol. The normalized spacial score (nSPS) is 26.6. The number of nitrogens with two attached hydrogens (primary N) is 1. The van der Waals surface area contributed by atoms with Crippen molar-refractivity contribution >= 4 is 40.7 Å². The maximum Gasteiger partial charge on any atom is 0.273 e. The fraction of sp³-hybridized carbons (Fsp3) is 0.304. The molecule has 0 radical (unpaired) electrons. The van der Waals surface area contributed by atoms with E-state index in [0.717, 1.165) is 11.0 Å². The van der Waals surface area contributed by atoms with Gasteiger partial charge in [-0.05, 0) is 18.6 Å². The zero-order valence-corrected chi connectivity index (χ0v) is 18.5. The first-order chi connectivity index (χ1) is 16.7. The molecule has 3 heterocycles. The molecule has 0 bridgehead atoms. The van der Waals surface area contributed by atoms with Crippen molar-refractivity contribution in [2.24, 2.45) is 17.6 Å². The molecule has 2 fully saturated rings. The highest BCUT2D eigenvalue weighted by atomic mass is 16.6. The Morgan fingerprint density at radius 2 is 1.94 bits per heavy atom. The van der Waals surface area contributed by atoms with Crippen LogP contribution in [-0.2, 0) is 24.7 Å². The number of primary amides is 1. The van der Waals surface area contributed by atoms with Gasteiger partial charge in [-0.1, -0.05) is 18.2 Å². The van der Waals surface area contributed by atoms with Crippen LogP contribution >= 0.6 is 0 Å². The lowest BCUT2D eigenvalue weighted by atomic mass is 9.76. The van der Waals surface area contributed by atoms with Crippen molar-refractivity contribution in [2.45, 2.75) is 24.4 Å². The number of nitro groups is 1. The third-order valence-corrected chi connectivity index (χ3v) is 6.94. The predicted molar refractivity (Wildman–Crippen MR) is 121 cm³/mol. The van der Waals surface area contributed by atoms with Crippen LogP contribution in [0, 0.1) is 22.0 Å². The number of nitrogens with one attached hydrogen (secondary N) is 2. The zero-order valence-electron chi connectivity index (χ0n) is 18.5. The number of imide groups is 1. The number of carbonyl (C=O) groups excluding carboxylic acids is 4. The van der Waals surface area contributed by atoms with Crippen molar-refractivity contribution < 1.29 is 28.8 Å². The number of para-hydroxylation sites is 1. The molecule has 0 aliphatic carbocycles. The summed E-state index contributed by atoms with van der Waals surface area (Å²) in [5.74, 6) is -4.42. The third-order valence-electron chi connectivity index (χ3n) is 6.94. The molecule has 1 spiro atoms. The number of fused-ring (bicyclic) bond motifs is 4. The lowest BCUT2D eigenvalue weighted by Crippen LogP contribution is -2.53. The summed E-state index contributed by atoms with van der Waals surface area (Å²) in [6.07, 6.45) is 0.0838. The molecule has 2 aromatic rings. The van der Waals surface area contributed by atoms with Crippen molar-refractivity contribution in [3.63, 3.8) is 0 Å². The van der Waals surface area contributed by atoms with Crippen LogP contribution in [0.2, 0.25) is 0 Å². The van der Waals surface area contributed by atoms with E-state index in [9.17, 15) is 29.3 Å². The van der Waals surface area contributed by atoms with Crippen molar-refractivity contribution in [2.75, 3.05) is 17.3 Å². The zero-order chi connectivity index (χ0) is 25.1. The van der Waals surface area contributed by atoms with Crippen LogP contribution in [0.4, 0.5) is 17.1 Å². The summed E-state index contributed by atoms with van der Waals surface area (Å²) in [6.45, 7) is 0. The lowest BCUT2D eigenvalue weighted by Gasteiger charge is -2.29. The van der Waals surface area contributed by atoms with Crippen LogP contribution in [0.25, 0.3) is 0 Å². The quantitative estimate of drug-likeness (QED) is 0.310. The van der Waals surface area contributed by atoms with Crippen LogP contribution in [0.3, 0.4) is 0 Å². The molecule has 4 N–H and O–H groups in total. The number of amides is 4. The summed E-state index contributed by atoms with van der Waals surface area (Å²) in [5, 5.41) is 17.2. The molecule has 35 heavy (non-hydrogen) atoms. The Kier molecular flexibility index (Phi) is 5.06. The van der Waals surface area contributed by atoms with Gasteiger partial charge in [0.1, 0.15) is 11.3 Å². The minimum atomic E-state index is -1.53. The van der Waals surface area contributed by atoms with Gasteiger partial charge in [0.05, 0.1) is 35.6 Å². The third kappa shape index (κ3) is 3.10. The standard InChI is InChI=1S/C23H21N5O7/c1-35-16-10-11(28(33)34)6-8-15(16)27-20(30)18-14(7-9-17(24)29)26-23(19(18)21(27)31)12-4-2-3-5-13(12)25-22(23)32/h2-6,8,10,14,18-19,26H,7,9H2,1H3,(H2,24,29)(H,25,32)/t14-,18-,19+,23-/m1/s1. The second-order valence-electron chi connectivity index (χ2n) is 8.69. The summed E-state index contributed by atoms with van der Waals surface area (Å²) in [6, 6.07) is 9.75. The van der Waals surface area contributed by atoms with E-state index in [-0.39, 0.29) is 30.0 Å². The molecule has 0 unspecified atom stereocenters. The van der Waals surface area contributed by atoms with E-state index >= 15 is 0 Å². The smallest absolute Gasteiger partial charge is 0.273 e. The Balaban J connectivity index is 1.64. The largest absolute Gasteiger partial charge is 0.494 e. The Morgan fingerprint density at radius 1 is 1.20 bits per heavy atom. The molecule has 180 valence electrons. The molecular formula is C23H21N5O7. The Labute approximate surface area is 198 Å². The number of benzene rings is 2. The fourth-order valence-electron chi connectivity index (χ4n) is 5.51. The number of hydrogen-bond acceptors (Lipinski definition) is 8. The Hall–Kier alpha value is -4.32. The number of ether oxygens (including phenoxy) is 1. The molecule has 4 atom stereocenters. The number of nitro benzene ring substituents is 1. The van der Waals surface area contributed by atoms with E-state index in [1.807, 2.05) is 0 Å². The number of methoxy groups -OCH3 is 1. The molecule has 2 saturated heterocycles. The summed E-state index contributed by atoms with van der Waals surface area (Å²) in [5.41, 5.74) is 4.62. The molecule has 0 aromatic heterocycles. The lowest BCUT2D eigenvalue weighted by molar-refractivity contribution is -0.384. The number of nitrogens with zero attached hydrogens (tertiary/aromatic N) is 2. The topological polar surface area (TPSA) is 174 Å². The molecule has 12 nitrogen and oxygen atoms in total. The fourth-order valence-corrected chi connectivity index (χ4v) is 5.51. The van der Waals surface area contributed by atoms with Crippen LogP contribution in [0.15, 0.2) is 42.5 Å². The van der Waals surface area contributed by atoms with E-state index in [1.165, 1.54) is 19.2 Å². The van der Waals surface area contributed by atoms with Gasteiger partial charge in [0, 0.05) is 29.8 Å². The van der Waals surface area contributed by atoms with Crippen LogP contribution in [-0.4, -0.2) is 41.7 Å². The average molecular weight is 479 g/mol. The molecule has 0 saturated carbocycles. The van der Waals surface area contributed by atoms with Gasteiger partial charge in [-0.15, -0.1) is 0 Å². The van der Waals surface area contributed by atoms with Gasteiger partial charge in [-0.25, -0.2) is 4.90 Å². The Bertz CT molecular complexity index is 1310. The van der Waals surface area contributed by atoms with Crippen LogP contribution in [0.5, 0.6) is 5.75 Å². The van der Waals surface area contributed by atoms with E-state index in [4.69, 9.17) is 10.5 Å². The summed E-state index contributed by atoms with van der Waals surface area (Å²) >= 11 is 0. The highest BCUT2D eigenvalue weighted by molar-refractivity contribution is 6.26. The number of hydrogen-bond donors (Lipinski definition) is 3. The Morgan fingerprint density at radius 3 is 2.63 bits per heavy atom. The van der Waals surface area contributed by atoms with Gasteiger partial charge in [0.15, 0.2) is 0 Å². The minimum absolute atomic E-state index is 0.0344. The SMILES string of the molecule is COc1cc([N+](=O)[O-])ccc1N1C(=O)[C@H]2[C@@H](C1=O)[C@@]1(N[C@@H]2CCC(N)=O)C(=O)Nc2ccccc21. The van der Waals surface area contributed by atoms with Gasteiger partial charge < -0.3 is 15.8 Å². The molecule has 5 rings (SSSR count).